The zero-order chi connectivity index (χ0) is 16.5. The Hall–Kier alpha value is -1.62. The molecule has 0 spiro atoms. The lowest BCUT2D eigenvalue weighted by atomic mass is 10.2. The van der Waals surface area contributed by atoms with Gasteiger partial charge in [0.25, 0.3) is 0 Å². The first kappa shape index (κ1) is 16.7. The standard InChI is InChI=1S/C16H23ClN2O3/c1-10-13(17)7-11(18)8-14(10)21-12-5-6-19(9-12)15(20)22-16(2,3)4/h7-8,12H,5-6,9,18H2,1-4H3. The van der Waals surface area contributed by atoms with Crippen molar-refractivity contribution in [2.45, 2.75) is 45.8 Å². The smallest absolute Gasteiger partial charge is 0.410 e. The summed E-state index contributed by atoms with van der Waals surface area (Å²) in [5.41, 5.74) is 6.72. The normalized spacial score (nSPS) is 18.4. The highest BCUT2D eigenvalue weighted by Gasteiger charge is 2.31. The van der Waals surface area contributed by atoms with Crippen LogP contribution < -0.4 is 10.5 Å². The molecule has 1 amide bonds. The maximum atomic E-state index is 12.0. The second-order valence-electron chi connectivity index (χ2n) is 6.58. The van der Waals surface area contributed by atoms with Gasteiger partial charge in [0.2, 0.25) is 0 Å². The summed E-state index contributed by atoms with van der Waals surface area (Å²) in [7, 11) is 0. The predicted molar refractivity (Wildman–Crippen MR) is 87.4 cm³/mol. The Kier molecular flexibility index (Phi) is 4.75. The minimum atomic E-state index is -0.492. The Morgan fingerprint density at radius 2 is 2.09 bits per heavy atom. The van der Waals surface area contributed by atoms with Crippen LogP contribution in [0.5, 0.6) is 5.75 Å². The third-order valence-electron chi connectivity index (χ3n) is 3.41. The minimum Gasteiger partial charge on any atom is -0.488 e. The molecule has 1 atom stereocenters. The van der Waals surface area contributed by atoms with Crippen LogP contribution in [-0.2, 0) is 4.74 Å². The molecule has 0 saturated carbocycles. The van der Waals surface area contributed by atoms with Gasteiger partial charge in [-0.2, -0.15) is 0 Å². The number of rotatable bonds is 2. The number of halogens is 1. The lowest BCUT2D eigenvalue weighted by Gasteiger charge is -2.24. The summed E-state index contributed by atoms with van der Waals surface area (Å²) in [6.07, 6.45) is 0.371. The average molecular weight is 327 g/mol. The molecule has 1 aliphatic rings. The van der Waals surface area contributed by atoms with Crippen molar-refractivity contribution in [3.63, 3.8) is 0 Å². The maximum Gasteiger partial charge on any atom is 0.410 e. The Morgan fingerprint density at radius 1 is 1.41 bits per heavy atom. The Bertz CT molecular complexity index is 569. The van der Waals surface area contributed by atoms with Crippen LogP contribution in [0, 0.1) is 6.92 Å². The number of amides is 1. The Balaban J connectivity index is 1.98. The summed E-state index contributed by atoms with van der Waals surface area (Å²) in [5.74, 6) is 0.668. The molecule has 22 heavy (non-hydrogen) atoms. The van der Waals surface area contributed by atoms with Crippen molar-refractivity contribution < 1.29 is 14.3 Å². The molecule has 0 aromatic heterocycles. The van der Waals surface area contributed by atoms with Gasteiger partial charge in [0, 0.05) is 35.3 Å². The highest BCUT2D eigenvalue weighted by Crippen LogP contribution is 2.31. The zero-order valence-electron chi connectivity index (χ0n) is 13.5. The number of carbonyl (C=O) groups is 1. The Labute approximate surface area is 136 Å². The van der Waals surface area contributed by atoms with Gasteiger partial charge in [0.05, 0.1) is 6.54 Å². The molecule has 2 N–H and O–H groups in total. The summed E-state index contributed by atoms with van der Waals surface area (Å²) in [6, 6.07) is 3.46. The monoisotopic (exact) mass is 326 g/mol. The van der Waals surface area contributed by atoms with Crippen molar-refractivity contribution in [3.8, 4) is 5.75 Å². The highest BCUT2D eigenvalue weighted by atomic mass is 35.5. The summed E-state index contributed by atoms with van der Waals surface area (Å²) in [4.78, 5) is 13.7. The number of carbonyl (C=O) groups excluding carboxylic acids is 1. The molecular formula is C16H23ClN2O3. The van der Waals surface area contributed by atoms with Crippen LogP contribution in [0.25, 0.3) is 0 Å². The summed E-state index contributed by atoms with van der Waals surface area (Å²) >= 11 is 6.11. The number of nitrogens with zero attached hydrogens (tertiary/aromatic N) is 1. The van der Waals surface area contributed by atoms with Crippen molar-refractivity contribution in [2.75, 3.05) is 18.8 Å². The number of nitrogen functional groups attached to an aromatic ring is 1. The van der Waals surface area contributed by atoms with Gasteiger partial charge in [0.1, 0.15) is 17.5 Å². The van der Waals surface area contributed by atoms with Crippen LogP contribution in [-0.4, -0.2) is 35.8 Å². The van der Waals surface area contributed by atoms with E-state index in [9.17, 15) is 4.79 Å². The van der Waals surface area contributed by atoms with Gasteiger partial charge in [-0.25, -0.2) is 4.79 Å². The number of benzene rings is 1. The molecular weight excluding hydrogens is 304 g/mol. The van der Waals surface area contributed by atoms with Crippen LogP contribution in [0.15, 0.2) is 12.1 Å². The highest BCUT2D eigenvalue weighted by molar-refractivity contribution is 6.31. The largest absolute Gasteiger partial charge is 0.488 e. The van der Waals surface area contributed by atoms with Gasteiger partial charge in [-0.15, -0.1) is 0 Å². The van der Waals surface area contributed by atoms with E-state index in [2.05, 4.69) is 0 Å². The number of ether oxygens (including phenoxy) is 2. The van der Waals surface area contributed by atoms with E-state index in [1.807, 2.05) is 27.7 Å². The maximum absolute atomic E-state index is 12.0. The molecule has 1 saturated heterocycles. The van der Waals surface area contributed by atoms with E-state index in [0.717, 1.165) is 12.0 Å². The third-order valence-corrected chi connectivity index (χ3v) is 3.80. The molecule has 1 unspecified atom stereocenters. The summed E-state index contributed by atoms with van der Waals surface area (Å²) < 4.78 is 11.3. The van der Waals surface area contributed by atoms with Gasteiger partial charge >= 0.3 is 6.09 Å². The van der Waals surface area contributed by atoms with Gasteiger partial charge in [-0.1, -0.05) is 11.6 Å². The summed E-state index contributed by atoms with van der Waals surface area (Å²) in [6.45, 7) is 8.57. The van der Waals surface area contributed by atoms with Gasteiger partial charge in [-0.3, -0.25) is 0 Å². The molecule has 0 radical (unpaired) electrons. The van der Waals surface area contributed by atoms with Crippen LogP contribution in [0.1, 0.15) is 32.8 Å². The molecule has 122 valence electrons. The molecule has 1 aromatic rings. The summed E-state index contributed by atoms with van der Waals surface area (Å²) in [5, 5.41) is 0.581. The average Bonchev–Trinajstić information content (AvgIpc) is 2.82. The molecule has 0 aliphatic carbocycles. The van der Waals surface area contributed by atoms with Gasteiger partial charge in [0.15, 0.2) is 0 Å². The van der Waals surface area contributed by atoms with E-state index < -0.39 is 5.60 Å². The van der Waals surface area contributed by atoms with Gasteiger partial charge in [-0.05, 0) is 33.8 Å². The van der Waals surface area contributed by atoms with Crippen molar-refractivity contribution in [1.82, 2.24) is 4.90 Å². The van der Waals surface area contributed by atoms with Crippen molar-refractivity contribution in [3.05, 3.63) is 22.7 Å². The van der Waals surface area contributed by atoms with Gasteiger partial charge < -0.3 is 20.1 Å². The topological polar surface area (TPSA) is 64.8 Å². The third kappa shape index (κ3) is 4.19. The molecule has 0 bridgehead atoms. The first-order valence-electron chi connectivity index (χ1n) is 7.36. The van der Waals surface area contributed by atoms with E-state index in [1.54, 1.807) is 17.0 Å². The van der Waals surface area contributed by atoms with Crippen LogP contribution in [0.3, 0.4) is 0 Å². The van der Waals surface area contributed by atoms with Crippen LogP contribution in [0.4, 0.5) is 10.5 Å². The number of hydrogen-bond acceptors (Lipinski definition) is 4. The first-order chi connectivity index (χ1) is 10.2. The van der Waals surface area contributed by atoms with E-state index in [4.69, 9.17) is 26.8 Å². The quantitative estimate of drug-likeness (QED) is 0.843. The van der Waals surface area contributed by atoms with E-state index in [1.165, 1.54) is 0 Å². The lowest BCUT2D eigenvalue weighted by molar-refractivity contribution is 0.0275. The van der Waals surface area contributed by atoms with Crippen LogP contribution in [0.2, 0.25) is 5.02 Å². The van der Waals surface area contributed by atoms with Crippen molar-refractivity contribution in [2.24, 2.45) is 0 Å². The molecule has 5 nitrogen and oxygen atoms in total. The lowest BCUT2D eigenvalue weighted by Crippen LogP contribution is -2.36. The molecule has 1 fully saturated rings. The number of hydrogen-bond donors (Lipinski definition) is 1. The molecule has 6 heteroatoms. The molecule has 1 heterocycles. The van der Waals surface area contributed by atoms with E-state index in [-0.39, 0.29) is 12.2 Å². The second-order valence-corrected chi connectivity index (χ2v) is 6.99. The predicted octanol–water partition coefficient (Wildman–Crippen LogP) is 3.62. The van der Waals surface area contributed by atoms with Crippen LogP contribution >= 0.6 is 11.6 Å². The molecule has 2 rings (SSSR count). The molecule has 1 aromatic carbocycles. The minimum absolute atomic E-state index is 0.0796. The zero-order valence-corrected chi connectivity index (χ0v) is 14.2. The fourth-order valence-electron chi connectivity index (χ4n) is 2.29. The fourth-order valence-corrected chi connectivity index (χ4v) is 2.51. The molecule has 1 aliphatic heterocycles. The first-order valence-corrected chi connectivity index (χ1v) is 7.74. The number of nitrogens with two attached hydrogens (primary N) is 1. The number of anilines is 1. The van der Waals surface area contributed by atoms with E-state index in [0.29, 0.717) is 29.5 Å². The fraction of sp³-hybridized carbons (Fsp3) is 0.562. The SMILES string of the molecule is Cc1c(Cl)cc(N)cc1OC1CCN(C(=O)OC(C)(C)C)C1. The number of likely N-dealkylation sites (tertiary alicyclic amines) is 1. The Morgan fingerprint density at radius 3 is 2.73 bits per heavy atom. The van der Waals surface area contributed by atoms with Crippen molar-refractivity contribution in [1.29, 1.82) is 0 Å². The van der Waals surface area contributed by atoms with Crippen molar-refractivity contribution >= 4 is 23.4 Å². The van der Waals surface area contributed by atoms with E-state index >= 15 is 0 Å². The second kappa shape index (κ2) is 6.24.